The van der Waals surface area contributed by atoms with Gasteiger partial charge in [0.2, 0.25) is 5.75 Å². The van der Waals surface area contributed by atoms with Crippen molar-refractivity contribution in [2.75, 3.05) is 28.4 Å². The van der Waals surface area contributed by atoms with Crippen LogP contribution in [0, 0.1) is 0 Å². The molecule has 0 N–H and O–H groups in total. The number of carbonyl (C=O) groups excluding carboxylic acids is 1. The van der Waals surface area contributed by atoms with Gasteiger partial charge in [-0.2, -0.15) is 0 Å². The molecule has 4 aromatic rings. The summed E-state index contributed by atoms with van der Waals surface area (Å²) in [5.74, 6) is 1.34. The van der Waals surface area contributed by atoms with Crippen LogP contribution in [0.1, 0.15) is 21.7 Å². The Morgan fingerprint density at radius 3 is 2.14 bits per heavy atom. The fourth-order valence-electron chi connectivity index (χ4n) is 3.77. The van der Waals surface area contributed by atoms with Crippen LogP contribution in [0.2, 0.25) is 5.02 Å². The van der Waals surface area contributed by atoms with Crippen molar-refractivity contribution in [3.05, 3.63) is 86.9 Å². The second-order valence-corrected chi connectivity index (χ2v) is 8.04. The summed E-state index contributed by atoms with van der Waals surface area (Å²) in [4.78, 5) is 30.1. The van der Waals surface area contributed by atoms with Crippen LogP contribution in [0.15, 0.2) is 59.4 Å². The average Bonchev–Trinajstić information content (AvgIpc) is 2.90. The zero-order chi connectivity index (χ0) is 25.8. The number of hydrogen-bond donors (Lipinski definition) is 0. The number of rotatable bonds is 7. The molecule has 0 bridgehead atoms. The van der Waals surface area contributed by atoms with Crippen molar-refractivity contribution >= 4 is 40.6 Å². The molecular formula is C27H23ClN2O6. The lowest BCUT2D eigenvalue weighted by Gasteiger charge is -2.13. The van der Waals surface area contributed by atoms with Gasteiger partial charge in [0.15, 0.2) is 11.5 Å². The van der Waals surface area contributed by atoms with Gasteiger partial charge >= 0.3 is 5.97 Å². The van der Waals surface area contributed by atoms with Crippen LogP contribution in [0.3, 0.4) is 0 Å². The van der Waals surface area contributed by atoms with E-state index in [0.717, 1.165) is 5.56 Å². The van der Waals surface area contributed by atoms with Gasteiger partial charge in [-0.15, -0.1) is 0 Å². The highest BCUT2D eigenvalue weighted by Crippen LogP contribution is 2.38. The Labute approximate surface area is 212 Å². The number of aromatic nitrogens is 2. The van der Waals surface area contributed by atoms with Crippen LogP contribution in [0.25, 0.3) is 28.7 Å². The molecule has 0 aliphatic carbocycles. The maximum absolute atomic E-state index is 13.5. The van der Waals surface area contributed by atoms with E-state index in [1.54, 1.807) is 66.7 Å². The van der Waals surface area contributed by atoms with Gasteiger partial charge in [0, 0.05) is 5.02 Å². The van der Waals surface area contributed by atoms with Crippen LogP contribution in [-0.4, -0.2) is 44.0 Å². The summed E-state index contributed by atoms with van der Waals surface area (Å²) in [5, 5.41) is 0.871. The van der Waals surface area contributed by atoms with E-state index in [9.17, 15) is 9.59 Å². The van der Waals surface area contributed by atoms with Crippen molar-refractivity contribution in [1.82, 2.24) is 9.55 Å². The maximum atomic E-state index is 13.5. The lowest BCUT2D eigenvalue weighted by atomic mass is 10.1. The highest BCUT2D eigenvalue weighted by Gasteiger charge is 2.15. The summed E-state index contributed by atoms with van der Waals surface area (Å²) < 4.78 is 22.5. The third-order valence-corrected chi connectivity index (χ3v) is 5.75. The van der Waals surface area contributed by atoms with Crippen molar-refractivity contribution in [3.63, 3.8) is 0 Å². The predicted octanol–water partition coefficient (Wildman–Crippen LogP) is 5.02. The molecule has 0 fully saturated rings. The first-order valence-corrected chi connectivity index (χ1v) is 11.2. The third kappa shape index (κ3) is 4.76. The van der Waals surface area contributed by atoms with E-state index < -0.39 is 5.97 Å². The SMILES string of the molecule is COC(=O)c1ccc(-n2c(C=Cc3cc(OC)c(OC)c(OC)c3)nc3cc(Cl)ccc3c2=O)cc1. The van der Waals surface area contributed by atoms with E-state index >= 15 is 0 Å². The summed E-state index contributed by atoms with van der Waals surface area (Å²) >= 11 is 6.16. The summed E-state index contributed by atoms with van der Waals surface area (Å²) in [7, 11) is 5.92. The van der Waals surface area contributed by atoms with Crippen molar-refractivity contribution in [2.24, 2.45) is 0 Å². The van der Waals surface area contributed by atoms with Gasteiger partial charge < -0.3 is 18.9 Å². The quantitative estimate of drug-likeness (QED) is 0.325. The zero-order valence-electron chi connectivity index (χ0n) is 20.1. The van der Waals surface area contributed by atoms with Crippen LogP contribution < -0.4 is 19.8 Å². The van der Waals surface area contributed by atoms with Crippen LogP contribution in [0.5, 0.6) is 17.2 Å². The van der Waals surface area contributed by atoms with Gasteiger partial charge in [-0.25, -0.2) is 9.78 Å². The van der Waals surface area contributed by atoms with Gasteiger partial charge in [-0.3, -0.25) is 9.36 Å². The summed E-state index contributed by atoms with van der Waals surface area (Å²) in [6.45, 7) is 0. The molecule has 9 heteroatoms. The average molecular weight is 507 g/mol. The summed E-state index contributed by atoms with van der Waals surface area (Å²) in [6.07, 6.45) is 3.48. The Kier molecular flexibility index (Phi) is 7.26. The molecule has 184 valence electrons. The second kappa shape index (κ2) is 10.5. The Morgan fingerprint density at radius 2 is 1.56 bits per heavy atom. The van der Waals surface area contributed by atoms with Crippen LogP contribution in [-0.2, 0) is 4.74 Å². The third-order valence-electron chi connectivity index (χ3n) is 5.52. The van der Waals surface area contributed by atoms with Gasteiger partial charge in [0.05, 0.1) is 50.6 Å². The number of nitrogens with zero attached hydrogens (tertiary/aromatic N) is 2. The van der Waals surface area contributed by atoms with E-state index in [1.165, 1.54) is 33.0 Å². The molecule has 0 atom stereocenters. The molecule has 0 aliphatic rings. The van der Waals surface area contributed by atoms with Crippen molar-refractivity contribution < 1.29 is 23.7 Å². The fourth-order valence-corrected chi connectivity index (χ4v) is 3.94. The van der Waals surface area contributed by atoms with Crippen molar-refractivity contribution in [2.45, 2.75) is 0 Å². The van der Waals surface area contributed by atoms with Gasteiger partial charge in [-0.1, -0.05) is 17.7 Å². The molecule has 0 amide bonds. The lowest BCUT2D eigenvalue weighted by Crippen LogP contribution is -2.22. The molecule has 4 rings (SSSR count). The zero-order valence-corrected chi connectivity index (χ0v) is 20.8. The molecule has 36 heavy (non-hydrogen) atoms. The smallest absolute Gasteiger partial charge is 0.337 e. The molecule has 0 radical (unpaired) electrons. The Hall–Kier alpha value is -4.30. The number of esters is 1. The number of halogens is 1. The largest absolute Gasteiger partial charge is 0.493 e. The lowest BCUT2D eigenvalue weighted by molar-refractivity contribution is 0.0600. The van der Waals surface area contributed by atoms with Gasteiger partial charge in [-0.05, 0) is 66.2 Å². The van der Waals surface area contributed by atoms with Crippen molar-refractivity contribution in [3.8, 4) is 22.9 Å². The standard InChI is InChI=1S/C27H23ClN2O6/c1-33-22-13-16(14-23(34-2)25(22)35-3)5-12-24-29-21-15-18(28)8-11-20(21)26(31)30(24)19-9-6-17(7-10-19)27(32)36-4/h5-15H,1-4H3. The molecule has 0 spiro atoms. The van der Waals surface area contributed by atoms with E-state index in [2.05, 4.69) is 0 Å². The monoisotopic (exact) mass is 506 g/mol. The molecule has 8 nitrogen and oxygen atoms in total. The van der Waals surface area contributed by atoms with E-state index in [0.29, 0.717) is 50.2 Å². The predicted molar refractivity (Wildman–Crippen MR) is 139 cm³/mol. The normalized spacial score (nSPS) is 11.0. The molecule has 0 saturated carbocycles. The van der Waals surface area contributed by atoms with Gasteiger partial charge in [0.1, 0.15) is 5.82 Å². The molecule has 3 aromatic carbocycles. The number of hydrogen-bond acceptors (Lipinski definition) is 7. The minimum atomic E-state index is -0.470. The fraction of sp³-hybridized carbons (Fsp3) is 0.148. The first-order chi connectivity index (χ1) is 17.4. The molecular weight excluding hydrogens is 484 g/mol. The number of benzene rings is 3. The minimum Gasteiger partial charge on any atom is -0.493 e. The second-order valence-electron chi connectivity index (χ2n) is 7.60. The van der Waals surface area contributed by atoms with E-state index in [-0.39, 0.29) is 5.56 Å². The molecule has 0 saturated heterocycles. The van der Waals surface area contributed by atoms with E-state index in [1.807, 2.05) is 0 Å². The number of fused-ring (bicyclic) bond motifs is 1. The summed E-state index contributed by atoms with van der Waals surface area (Å²) in [6, 6.07) is 15.0. The maximum Gasteiger partial charge on any atom is 0.337 e. The molecule has 0 aliphatic heterocycles. The highest BCUT2D eigenvalue weighted by atomic mass is 35.5. The molecule has 1 aromatic heterocycles. The Bertz CT molecular complexity index is 1500. The Balaban J connectivity index is 1.89. The summed E-state index contributed by atoms with van der Waals surface area (Å²) in [5.41, 5.74) is 1.80. The first kappa shape index (κ1) is 24.8. The molecule has 0 unspecified atom stereocenters. The van der Waals surface area contributed by atoms with Crippen LogP contribution in [0.4, 0.5) is 0 Å². The van der Waals surface area contributed by atoms with Crippen molar-refractivity contribution in [1.29, 1.82) is 0 Å². The van der Waals surface area contributed by atoms with Crippen LogP contribution >= 0.6 is 11.6 Å². The topological polar surface area (TPSA) is 88.9 Å². The van der Waals surface area contributed by atoms with E-state index in [4.69, 9.17) is 35.5 Å². The highest BCUT2D eigenvalue weighted by molar-refractivity contribution is 6.31. The first-order valence-electron chi connectivity index (χ1n) is 10.8. The molecule has 1 heterocycles. The Morgan fingerprint density at radius 1 is 0.889 bits per heavy atom. The number of methoxy groups -OCH3 is 4. The van der Waals surface area contributed by atoms with Gasteiger partial charge in [0.25, 0.3) is 5.56 Å². The minimum absolute atomic E-state index is 0.285. The number of ether oxygens (including phenoxy) is 4. The number of carbonyl (C=O) groups is 1.